The summed E-state index contributed by atoms with van der Waals surface area (Å²) in [7, 11) is -3.40. The summed E-state index contributed by atoms with van der Waals surface area (Å²) >= 11 is 4.81. The molecule has 0 bridgehead atoms. The van der Waals surface area contributed by atoms with Crippen LogP contribution in [0.15, 0.2) is 14.7 Å². The summed E-state index contributed by atoms with van der Waals surface area (Å²) in [6.07, 6.45) is 1.83. The van der Waals surface area contributed by atoms with Gasteiger partial charge in [-0.05, 0) is 48.3 Å². The lowest BCUT2D eigenvalue weighted by molar-refractivity contribution is 0.558. The first-order valence-corrected chi connectivity index (χ1v) is 8.98. The van der Waals surface area contributed by atoms with Crippen LogP contribution in [0.5, 0.6) is 0 Å². The molecule has 1 aromatic heterocycles. The highest BCUT2D eigenvalue weighted by Gasteiger charge is 2.41. The van der Waals surface area contributed by atoms with E-state index in [-0.39, 0.29) is 5.54 Å². The molecule has 0 saturated heterocycles. The lowest BCUT2D eigenvalue weighted by Crippen LogP contribution is -2.34. The van der Waals surface area contributed by atoms with Crippen LogP contribution in [0.4, 0.5) is 0 Å². The maximum atomic E-state index is 12.2. The molecule has 0 unspecified atom stereocenters. The van der Waals surface area contributed by atoms with Crippen molar-refractivity contribution in [3.8, 4) is 0 Å². The van der Waals surface area contributed by atoms with Gasteiger partial charge in [0.15, 0.2) is 0 Å². The van der Waals surface area contributed by atoms with Crippen molar-refractivity contribution in [2.75, 3.05) is 6.54 Å². The van der Waals surface area contributed by atoms with E-state index in [0.717, 1.165) is 24.3 Å². The Kier molecular flexibility index (Phi) is 4.18. The number of thiophene rings is 1. The minimum atomic E-state index is -3.40. The Balaban J connectivity index is 2.19. The van der Waals surface area contributed by atoms with Gasteiger partial charge in [-0.25, -0.2) is 13.1 Å². The molecule has 0 aliphatic heterocycles. The second kappa shape index (κ2) is 5.20. The van der Waals surface area contributed by atoms with Gasteiger partial charge in [-0.15, -0.1) is 11.3 Å². The van der Waals surface area contributed by atoms with Crippen LogP contribution in [0.2, 0.25) is 0 Å². The van der Waals surface area contributed by atoms with E-state index in [1.165, 1.54) is 11.3 Å². The van der Waals surface area contributed by atoms with Crippen LogP contribution in [0.3, 0.4) is 0 Å². The summed E-state index contributed by atoms with van der Waals surface area (Å²) < 4.78 is 27.9. The molecule has 0 radical (unpaired) electrons. The van der Waals surface area contributed by atoms with Gasteiger partial charge in [-0.1, -0.05) is 6.92 Å². The van der Waals surface area contributed by atoms with Crippen molar-refractivity contribution in [3.63, 3.8) is 0 Å². The molecule has 1 aliphatic rings. The zero-order chi connectivity index (χ0) is 13.4. The van der Waals surface area contributed by atoms with Gasteiger partial charge in [0.05, 0.1) is 3.79 Å². The third kappa shape index (κ3) is 3.33. The molecule has 1 saturated carbocycles. The fourth-order valence-electron chi connectivity index (χ4n) is 1.59. The smallest absolute Gasteiger partial charge is 0.243 e. The summed E-state index contributed by atoms with van der Waals surface area (Å²) in [5.74, 6) is 0. The molecule has 2 N–H and O–H groups in total. The molecule has 0 atom stereocenters. The van der Waals surface area contributed by atoms with Crippen LogP contribution < -0.4 is 10.0 Å². The van der Waals surface area contributed by atoms with E-state index in [9.17, 15) is 8.42 Å². The third-order valence-corrected chi connectivity index (χ3v) is 6.82. The van der Waals surface area contributed by atoms with Crippen molar-refractivity contribution in [1.29, 1.82) is 0 Å². The molecule has 0 aromatic carbocycles. The molecule has 7 heteroatoms. The highest BCUT2D eigenvalue weighted by Crippen LogP contribution is 2.38. The maximum absolute atomic E-state index is 12.2. The van der Waals surface area contributed by atoms with E-state index >= 15 is 0 Å². The predicted molar refractivity (Wildman–Crippen MR) is 77.4 cm³/mol. The Bertz CT molecular complexity index is 535. The zero-order valence-corrected chi connectivity index (χ0v) is 13.6. The van der Waals surface area contributed by atoms with E-state index in [2.05, 4.69) is 26.0 Å². The van der Waals surface area contributed by atoms with E-state index in [0.29, 0.717) is 15.2 Å². The molecule has 1 aromatic rings. The standard InChI is InChI=1S/C11H17BrN2O2S2/c1-3-13-7-8-6-9(10(12)17-8)18(15,16)14-11(2)4-5-11/h6,13-14H,3-5,7H2,1-2H3. The highest BCUT2D eigenvalue weighted by molar-refractivity contribution is 9.11. The van der Waals surface area contributed by atoms with Gasteiger partial charge in [0.25, 0.3) is 0 Å². The van der Waals surface area contributed by atoms with Crippen molar-refractivity contribution < 1.29 is 8.42 Å². The van der Waals surface area contributed by atoms with Crippen LogP contribution in [0.1, 0.15) is 31.6 Å². The van der Waals surface area contributed by atoms with Gasteiger partial charge >= 0.3 is 0 Å². The molecular weight excluding hydrogens is 336 g/mol. The van der Waals surface area contributed by atoms with E-state index in [4.69, 9.17) is 0 Å². The van der Waals surface area contributed by atoms with Gasteiger partial charge in [0.1, 0.15) is 4.90 Å². The Morgan fingerprint density at radius 2 is 2.17 bits per heavy atom. The van der Waals surface area contributed by atoms with Gasteiger partial charge in [0, 0.05) is 17.0 Å². The number of hydrogen-bond donors (Lipinski definition) is 2. The van der Waals surface area contributed by atoms with Crippen molar-refractivity contribution in [3.05, 3.63) is 14.7 Å². The van der Waals surface area contributed by atoms with Crippen LogP contribution in [0, 0.1) is 0 Å². The number of halogens is 1. The molecular formula is C11H17BrN2O2S2. The summed E-state index contributed by atoms with van der Waals surface area (Å²) in [6, 6.07) is 1.74. The first kappa shape index (κ1) is 14.5. The minimum Gasteiger partial charge on any atom is -0.312 e. The van der Waals surface area contributed by atoms with Crippen LogP contribution in [0.25, 0.3) is 0 Å². The molecule has 18 heavy (non-hydrogen) atoms. The van der Waals surface area contributed by atoms with E-state index in [1.54, 1.807) is 6.07 Å². The fourth-order valence-corrected chi connectivity index (χ4v) is 5.70. The van der Waals surface area contributed by atoms with Crippen molar-refractivity contribution in [2.24, 2.45) is 0 Å². The first-order chi connectivity index (χ1) is 8.36. The summed E-state index contributed by atoms with van der Waals surface area (Å²) in [6.45, 7) is 5.53. The van der Waals surface area contributed by atoms with Gasteiger partial charge in [-0.2, -0.15) is 0 Å². The normalized spacial score (nSPS) is 17.9. The zero-order valence-electron chi connectivity index (χ0n) is 10.4. The molecule has 0 spiro atoms. The second-order valence-electron chi connectivity index (χ2n) is 4.80. The van der Waals surface area contributed by atoms with Crippen molar-refractivity contribution >= 4 is 37.3 Å². The van der Waals surface area contributed by atoms with Crippen molar-refractivity contribution in [2.45, 2.75) is 43.7 Å². The van der Waals surface area contributed by atoms with Crippen LogP contribution >= 0.6 is 27.3 Å². The minimum absolute atomic E-state index is 0.234. The van der Waals surface area contributed by atoms with Crippen molar-refractivity contribution in [1.82, 2.24) is 10.0 Å². The summed E-state index contributed by atoms with van der Waals surface area (Å²) in [4.78, 5) is 1.37. The highest BCUT2D eigenvalue weighted by atomic mass is 79.9. The van der Waals surface area contributed by atoms with Crippen LogP contribution in [-0.2, 0) is 16.6 Å². The topological polar surface area (TPSA) is 58.2 Å². The maximum Gasteiger partial charge on any atom is 0.243 e. The lowest BCUT2D eigenvalue weighted by Gasteiger charge is -2.11. The predicted octanol–water partition coefficient (Wildman–Crippen LogP) is 2.45. The third-order valence-electron chi connectivity index (χ3n) is 2.93. The monoisotopic (exact) mass is 352 g/mol. The SMILES string of the molecule is CCNCc1cc(S(=O)(=O)NC2(C)CC2)c(Br)s1. The Hall–Kier alpha value is 0.0500. The van der Waals surface area contributed by atoms with E-state index < -0.39 is 10.0 Å². The van der Waals surface area contributed by atoms with Gasteiger partial charge in [0.2, 0.25) is 10.0 Å². The Morgan fingerprint density at radius 3 is 2.72 bits per heavy atom. The first-order valence-electron chi connectivity index (χ1n) is 5.89. The quantitative estimate of drug-likeness (QED) is 0.826. The molecule has 1 heterocycles. The Morgan fingerprint density at radius 1 is 1.50 bits per heavy atom. The van der Waals surface area contributed by atoms with Gasteiger partial charge < -0.3 is 5.32 Å². The fraction of sp³-hybridized carbons (Fsp3) is 0.636. The molecule has 0 amide bonds. The second-order valence-corrected chi connectivity index (χ2v) is 8.90. The number of nitrogens with one attached hydrogen (secondary N) is 2. The van der Waals surface area contributed by atoms with E-state index in [1.807, 2.05) is 13.8 Å². The van der Waals surface area contributed by atoms with Crippen LogP contribution in [-0.4, -0.2) is 20.5 Å². The molecule has 2 rings (SSSR count). The Labute approximate surface area is 120 Å². The largest absolute Gasteiger partial charge is 0.312 e. The summed E-state index contributed by atoms with van der Waals surface area (Å²) in [5.41, 5.74) is -0.234. The summed E-state index contributed by atoms with van der Waals surface area (Å²) in [5, 5.41) is 3.19. The molecule has 102 valence electrons. The molecule has 1 fully saturated rings. The average molecular weight is 353 g/mol. The number of rotatable bonds is 6. The lowest BCUT2D eigenvalue weighted by atomic mass is 10.4. The number of hydrogen-bond acceptors (Lipinski definition) is 4. The molecule has 4 nitrogen and oxygen atoms in total. The molecule has 1 aliphatic carbocycles. The van der Waals surface area contributed by atoms with Gasteiger partial charge in [-0.3, -0.25) is 0 Å². The number of sulfonamides is 1. The average Bonchev–Trinajstić information content (AvgIpc) is 2.85.